The van der Waals surface area contributed by atoms with Crippen LogP contribution >= 0.6 is 22.9 Å². The van der Waals surface area contributed by atoms with Gasteiger partial charge in [-0.3, -0.25) is 0 Å². The number of aromatic nitrogens is 1. The molecule has 1 unspecified atom stereocenters. The first-order valence-electron chi connectivity index (χ1n) is 5.15. The van der Waals surface area contributed by atoms with Crippen molar-refractivity contribution in [2.75, 3.05) is 5.32 Å². The summed E-state index contributed by atoms with van der Waals surface area (Å²) in [5.74, 6) is 0.758. The Labute approximate surface area is 104 Å². The van der Waals surface area contributed by atoms with Crippen LogP contribution in [0.1, 0.15) is 11.8 Å². The van der Waals surface area contributed by atoms with Crippen LogP contribution in [0, 0.1) is 0 Å². The maximum absolute atomic E-state index is 6.03. The van der Waals surface area contributed by atoms with Gasteiger partial charge in [0.25, 0.3) is 0 Å². The Morgan fingerprint density at radius 3 is 3.00 bits per heavy atom. The number of thiophene rings is 1. The lowest BCUT2D eigenvalue weighted by Crippen LogP contribution is -2.18. The fourth-order valence-corrected chi connectivity index (χ4v) is 2.52. The number of anilines is 1. The molecule has 0 aromatic carbocycles. The fourth-order valence-electron chi connectivity index (χ4n) is 1.51. The maximum atomic E-state index is 6.03. The number of pyridine rings is 1. The highest BCUT2D eigenvalue weighted by molar-refractivity contribution is 7.09. The van der Waals surface area contributed by atoms with E-state index in [-0.39, 0.29) is 0 Å². The van der Waals surface area contributed by atoms with Crippen molar-refractivity contribution in [1.29, 1.82) is 0 Å². The second-order valence-corrected chi connectivity index (χ2v) is 5.10. The van der Waals surface area contributed by atoms with Gasteiger partial charge in [0.05, 0.1) is 5.02 Å². The van der Waals surface area contributed by atoms with E-state index < -0.39 is 0 Å². The first-order chi connectivity index (χ1) is 7.75. The van der Waals surface area contributed by atoms with E-state index in [1.54, 1.807) is 17.5 Å². The second-order valence-electron chi connectivity index (χ2n) is 3.66. The van der Waals surface area contributed by atoms with Gasteiger partial charge in [0.1, 0.15) is 5.82 Å². The molecule has 0 aliphatic carbocycles. The van der Waals surface area contributed by atoms with E-state index in [0.29, 0.717) is 11.1 Å². The molecule has 0 saturated carbocycles. The molecule has 0 radical (unpaired) electrons. The van der Waals surface area contributed by atoms with Crippen molar-refractivity contribution in [1.82, 2.24) is 4.98 Å². The number of hydrogen-bond acceptors (Lipinski definition) is 3. The van der Waals surface area contributed by atoms with E-state index in [4.69, 9.17) is 11.6 Å². The summed E-state index contributed by atoms with van der Waals surface area (Å²) in [7, 11) is 0. The largest absolute Gasteiger partial charge is 0.366 e. The Kier molecular flexibility index (Phi) is 3.80. The average Bonchev–Trinajstić information content (AvgIpc) is 2.74. The molecule has 2 heterocycles. The average molecular weight is 253 g/mol. The monoisotopic (exact) mass is 252 g/mol. The Morgan fingerprint density at radius 1 is 1.44 bits per heavy atom. The van der Waals surface area contributed by atoms with Crippen LogP contribution in [0.3, 0.4) is 0 Å². The van der Waals surface area contributed by atoms with Crippen molar-refractivity contribution < 1.29 is 0 Å². The van der Waals surface area contributed by atoms with Gasteiger partial charge in [-0.25, -0.2) is 4.98 Å². The molecule has 16 heavy (non-hydrogen) atoms. The highest BCUT2D eigenvalue weighted by Gasteiger charge is 2.07. The van der Waals surface area contributed by atoms with E-state index in [0.717, 1.165) is 12.2 Å². The van der Waals surface area contributed by atoms with E-state index >= 15 is 0 Å². The molecule has 0 saturated heterocycles. The maximum Gasteiger partial charge on any atom is 0.144 e. The third-order valence-corrected chi connectivity index (χ3v) is 3.43. The number of rotatable bonds is 4. The van der Waals surface area contributed by atoms with Gasteiger partial charge in [0, 0.05) is 23.5 Å². The first-order valence-corrected chi connectivity index (χ1v) is 6.41. The van der Waals surface area contributed by atoms with Crippen molar-refractivity contribution in [3.05, 3.63) is 45.7 Å². The molecule has 2 aromatic heterocycles. The van der Waals surface area contributed by atoms with Gasteiger partial charge in [-0.15, -0.1) is 11.3 Å². The summed E-state index contributed by atoms with van der Waals surface area (Å²) in [6.07, 6.45) is 2.73. The molecule has 0 spiro atoms. The molecule has 2 aromatic rings. The lowest BCUT2D eigenvalue weighted by Gasteiger charge is -2.14. The van der Waals surface area contributed by atoms with Gasteiger partial charge in [-0.1, -0.05) is 17.7 Å². The summed E-state index contributed by atoms with van der Waals surface area (Å²) in [6.45, 7) is 2.13. The number of hydrogen-bond donors (Lipinski definition) is 1. The van der Waals surface area contributed by atoms with Crippen LogP contribution < -0.4 is 5.32 Å². The predicted octanol–water partition coefficient (Wildman–Crippen LogP) is 3.84. The standard InChI is InChI=1S/C12H13ClN2S/c1-9(8-10-4-3-7-16-10)15-12-11(13)5-2-6-14-12/h2-7,9H,8H2,1H3,(H,14,15). The van der Waals surface area contributed by atoms with Gasteiger partial charge in [-0.2, -0.15) is 0 Å². The Balaban J connectivity index is 1.97. The van der Waals surface area contributed by atoms with Crippen molar-refractivity contribution in [3.8, 4) is 0 Å². The van der Waals surface area contributed by atoms with Gasteiger partial charge in [0.2, 0.25) is 0 Å². The molecule has 0 fully saturated rings. The van der Waals surface area contributed by atoms with Gasteiger partial charge >= 0.3 is 0 Å². The molecule has 1 atom stereocenters. The van der Waals surface area contributed by atoms with Gasteiger partial charge < -0.3 is 5.32 Å². The Hall–Kier alpha value is -1.06. The summed E-state index contributed by atoms with van der Waals surface area (Å²) in [4.78, 5) is 5.58. The van der Waals surface area contributed by atoms with Gasteiger partial charge in [0.15, 0.2) is 0 Å². The molecule has 2 rings (SSSR count). The van der Waals surface area contributed by atoms with E-state index in [1.165, 1.54) is 4.88 Å². The highest BCUT2D eigenvalue weighted by atomic mass is 35.5. The molecule has 0 aliphatic heterocycles. The summed E-state index contributed by atoms with van der Waals surface area (Å²) in [5.41, 5.74) is 0. The third kappa shape index (κ3) is 2.97. The summed E-state index contributed by atoms with van der Waals surface area (Å²) in [5, 5.41) is 6.07. The van der Waals surface area contributed by atoms with Crippen LogP contribution in [0.4, 0.5) is 5.82 Å². The SMILES string of the molecule is CC(Cc1cccs1)Nc1ncccc1Cl. The van der Waals surface area contributed by atoms with Crippen LogP contribution in [-0.4, -0.2) is 11.0 Å². The quantitative estimate of drug-likeness (QED) is 0.894. The molecule has 4 heteroatoms. The van der Waals surface area contributed by atoms with Crippen molar-refractivity contribution in [2.45, 2.75) is 19.4 Å². The summed E-state index contributed by atoms with van der Waals surface area (Å²) < 4.78 is 0. The molecule has 1 N–H and O–H groups in total. The van der Waals surface area contributed by atoms with Crippen molar-refractivity contribution in [3.63, 3.8) is 0 Å². The molecule has 0 amide bonds. The number of halogens is 1. The summed E-state index contributed by atoms with van der Waals surface area (Å²) in [6, 6.07) is 8.21. The molecular formula is C12H13ClN2S. The minimum atomic E-state index is 0.325. The van der Waals surface area contributed by atoms with Crippen LogP contribution in [0.2, 0.25) is 5.02 Å². The first kappa shape index (κ1) is 11.4. The van der Waals surface area contributed by atoms with Crippen LogP contribution in [-0.2, 0) is 6.42 Å². The van der Waals surface area contributed by atoms with E-state index in [9.17, 15) is 0 Å². The minimum Gasteiger partial charge on any atom is -0.366 e. The second kappa shape index (κ2) is 5.32. The van der Waals surface area contributed by atoms with Crippen molar-refractivity contribution in [2.24, 2.45) is 0 Å². The molecule has 84 valence electrons. The van der Waals surface area contributed by atoms with Gasteiger partial charge in [-0.05, 0) is 30.5 Å². The third-order valence-electron chi connectivity index (χ3n) is 2.23. The zero-order valence-electron chi connectivity index (χ0n) is 8.98. The topological polar surface area (TPSA) is 24.9 Å². The molecular weight excluding hydrogens is 240 g/mol. The van der Waals surface area contributed by atoms with E-state index in [2.05, 4.69) is 34.7 Å². The number of nitrogens with zero attached hydrogens (tertiary/aromatic N) is 1. The van der Waals surface area contributed by atoms with Crippen LogP contribution in [0.5, 0.6) is 0 Å². The Bertz CT molecular complexity index is 442. The molecule has 0 bridgehead atoms. The van der Waals surface area contributed by atoms with E-state index in [1.807, 2.05) is 12.1 Å². The molecule has 0 aliphatic rings. The zero-order valence-corrected chi connectivity index (χ0v) is 10.6. The summed E-state index contributed by atoms with van der Waals surface area (Å²) >= 11 is 7.80. The predicted molar refractivity (Wildman–Crippen MR) is 70.4 cm³/mol. The smallest absolute Gasteiger partial charge is 0.144 e. The highest BCUT2D eigenvalue weighted by Crippen LogP contribution is 2.19. The van der Waals surface area contributed by atoms with Crippen molar-refractivity contribution >= 4 is 28.8 Å². The normalized spacial score (nSPS) is 12.4. The number of nitrogens with one attached hydrogen (secondary N) is 1. The van der Waals surface area contributed by atoms with Crippen LogP contribution in [0.15, 0.2) is 35.8 Å². The Morgan fingerprint density at radius 2 is 2.31 bits per heavy atom. The minimum absolute atomic E-state index is 0.325. The zero-order chi connectivity index (χ0) is 11.4. The van der Waals surface area contributed by atoms with Crippen LogP contribution in [0.25, 0.3) is 0 Å². The fraction of sp³-hybridized carbons (Fsp3) is 0.250. The lowest BCUT2D eigenvalue weighted by atomic mass is 10.2. The lowest BCUT2D eigenvalue weighted by molar-refractivity contribution is 0.794. The molecule has 2 nitrogen and oxygen atoms in total.